The molecule has 1 heterocycles. The molecule has 0 unspecified atom stereocenters. The van der Waals surface area contributed by atoms with Crippen LogP contribution in [0.4, 0.5) is 0 Å². The summed E-state index contributed by atoms with van der Waals surface area (Å²) >= 11 is 0. The van der Waals surface area contributed by atoms with E-state index in [0.29, 0.717) is 30.1 Å². The van der Waals surface area contributed by atoms with Crippen molar-refractivity contribution in [3.8, 4) is 5.75 Å². The summed E-state index contributed by atoms with van der Waals surface area (Å²) < 4.78 is 12.8. The predicted molar refractivity (Wildman–Crippen MR) is 87.3 cm³/mol. The number of ether oxygens (including phenoxy) is 2. The number of methoxy groups -OCH3 is 1. The highest BCUT2D eigenvalue weighted by Gasteiger charge is 2.18. The Balaban J connectivity index is 2.23. The second-order valence-corrected chi connectivity index (χ2v) is 12.0. The van der Waals surface area contributed by atoms with E-state index >= 15 is 0 Å². The molecule has 0 atom stereocenters. The van der Waals surface area contributed by atoms with Crippen LogP contribution in [0.2, 0.25) is 25.7 Å². The maximum Gasteiger partial charge on any atom is 0.339 e. The highest BCUT2D eigenvalue weighted by Crippen LogP contribution is 2.29. The number of fused-ring (bicyclic) bond motifs is 1. The minimum atomic E-state index is -1.13. The number of imidazole rings is 1. The lowest BCUT2D eigenvalue weighted by Gasteiger charge is -2.16. The summed E-state index contributed by atoms with van der Waals surface area (Å²) in [4.78, 5) is 15.6. The van der Waals surface area contributed by atoms with Gasteiger partial charge in [0.15, 0.2) is 5.75 Å². The molecule has 7 heteroatoms. The van der Waals surface area contributed by atoms with Crippen LogP contribution in [0.15, 0.2) is 18.5 Å². The van der Waals surface area contributed by atoms with Crippen LogP contribution in [-0.2, 0) is 11.5 Å². The quantitative estimate of drug-likeness (QED) is 0.626. The van der Waals surface area contributed by atoms with E-state index < -0.39 is 14.0 Å². The van der Waals surface area contributed by atoms with Crippen molar-refractivity contribution in [1.82, 2.24) is 9.55 Å². The lowest BCUT2D eigenvalue weighted by molar-refractivity contribution is 0.0693. The zero-order valence-electron chi connectivity index (χ0n) is 13.4. The largest absolute Gasteiger partial charge is 0.494 e. The zero-order chi connectivity index (χ0) is 16.3. The minimum Gasteiger partial charge on any atom is -0.494 e. The normalized spacial score (nSPS) is 11.8. The van der Waals surface area contributed by atoms with E-state index in [4.69, 9.17) is 9.47 Å². The van der Waals surface area contributed by atoms with E-state index in [1.807, 2.05) is 0 Å². The van der Waals surface area contributed by atoms with Crippen LogP contribution in [0.25, 0.3) is 11.0 Å². The highest BCUT2D eigenvalue weighted by molar-refractivity contribution is 6.76. The van der Waals surface area contributed by atoms with Gasteiger partial charge in [-0.25, -0.2) is 9.78 Å². The molecule has 0 radical (unpaired) electrons. The summed E-state index contributed by atoms with van der Waals surface area (Å²) in [6.07, 6.45) is 1.65. The van der Waals surface area contributed by atoms with Gasteiger partial charge in [-0.1, -0.05) is 19.6 Å². The van der Waals surface area contributed by atoms with Crippen molar-refractivity contribution in [3.05, 3.63) is 24.0 Å². The maximum absolute atomic E-state index is 11.3. The lowest BCUT2D eigenvalue weighted by atomic mass is 10.1. The first-order valence-electron chi connectivity index (χ1n) is 7.16. The molecule has 1 aromatic heterocycles. The molecule has 1 N–H and O–H groups in total. The van der Waals surface area contributed by atoms with Gasteiger partial charge in [0, 0.05) is 14.7 Å². The number of carboxylic acids is 1. The first-order chi connectivity index (χ1) is 10.3. The summed E-state index contributed by atoms with van der Waals surface area (Å²) in [7, 11) is 0.336. The van der Waals surface area contributed by atoms with Crippen LogP contribution in [0.3, 0.4) is 0 Å². The van der Waals surface area contributed by atoms with Gasteiger partial charge in [-0.05, 0) is 18.2 Å². The van der Waals surface area contributed by atoms with E-state index in [1.165, 1.54) is 13.2 Å². The van der Waals surface area contributed by atoms with Gasteiger partial charge < -0.3 is 19.1 Å². The number of hydrogen-bond donors (Lipinski definition) is 1. The fraction of sp³-hybridized carbons (Fsp3) is 0.467. The highest BCUT2D eigenvalue weighted by atomic mass is 28.3. The number of nitrogens with zero attached hydrogens (tertiary/aromatic N) is 2. The summed E-state index contributed by atoms with van der Waals surface area (Å²) in [6.45, 7) is 7.91. The average molecular weight is 322 g/mol. The Bertz CT molecular complexity index is 676. The number of aromatic carboxylic acids is 1. The fourth-order valence-corrected chi connectivity index (χ4v) is 2.90. The predicted octanol–water partition coefficient (Wildman–Crippen LogP) is 3.06. The lowest BCUT2D eigenvalue weighted by Crippen LogP contribution is -2.22. The molecule has 0 aliphatic heterocycles. The first-order valence-corrected chi connectivity index (χ1v) is 10.9. The van der Waals surface area contributed by atoms with Gasteiger partial charge in [-0.15, -0.1) is 0 Å². The van der Waals surface area contributed by atoms with Gasteiger partial charge in [0.1, 0.15) is 17.8 Å². The molecule has 0 spiro atoms. The monoisotopic (exact) mass is 322 g/mol. The molecular formula is C15H22N2O4Si. The van der Waals surface area contributed by atoms with Crippen molar-refractivity contribution in [1.29, 1.82) is 0 Å². The van der Waals surface area contributed by atoms with Crippen molar-refractivity contribution in [2.45, 2.75) is 32.4 Å². The smallest absolute Gasteiger partial charge is 0.339 e. The van der Waals surface area contributed by atoms with Crippen molar-refractivity contribution >= 4 is 25.1 Å². The Kier molecular flexibility index (Phi) is 4.87. The molecule has 0 saturated heterocycles. The number of rotatable bonds is 7. The van der Waals surface area contributed by atoms with Gasteiger partial charge >= 0.3 is 5.97 Å². The van der Waals surface area contributed by atoms with Crippen molar-refractivity contribution < 1.29 is 19.4 Å². The Labute approximate surface area is 130 Å². The second kappa shape index (κ2) is 6.49. The minimum absolute atomic E-state index is 0.124. The number of carboxylic acid groups (broad SMARTS) is 1. The van der Waals surface area contributed by atoms with Crippen LogP contribution in [0, 0.1) is 0 Å². The molecule has 1 aromatic carbocycles. The Morgan fingerprint density at radius 3 is 2.68 bits per heavy atom. The van der Waals surface area contributed by atoms with Crippen LogP contribution < -0.4 is 4.74 Å². The summed E-state index contributed by atoms with van der Waals surface area (Å²) in [5.41, 5.74) is 1.46. The topological polar surface area (TPSA) is 73.6 Å². The van der Waals surface area contributed by atoms with Crippen molar-refractivity contribution in [2.24, 2.45) is 0 Å². The molecule has 120 valence electrons. The Morgan fingerprint density at radius 2 is 2.09 bits per heavy atom. The maximum atomic E-state index is 11.3. The van der Waals surface area contributed by atoms with Crippen LogP contribution in [0.1, 0.15) is 10.4 Å². The molecule has 2 rings (SSSR count). The van der Waals surface area contributed by atoms with E-state index in [-0.39, 0.29) is 5.56 Å². The standard InChI is InChI=1S/C15H22N2O4Si/c1-20-14-11(15(18)19)5-6-12-13(14)17(9-16-12)10-21-7-8-22(2,3)4/h5-6,9H,7-8,10H2,1-4H3,(H,18,19). The molecule has 0 fully saturated rings. The molecule has 0 bridgehead atoms. The summed E-state index contributed by atoms with van der Waals surface area (Å²) in [5, 5.41) is 9.25. The van der Waals surface area contributed by atoms with Gasteiger partial charge in [0.05, 0.1) is 19.0 Å². The molecule has 0 amide bonds. The van der Waals surface area contributed by atoms with E-state index in [9.17, 15) is 9.90 Å². The summed E-state index contributed by atoms with van der Waals surface area (Å²) in [6, 6.07) is 4.27. The van der Waals surface area contributed by atoms with Gasteiger partial charge in [0.25, 0.3) is 0 Å². The van der Waals surface area contributed by atoms with Crippen LogP contribution in [0.5, 0.6) is 5.75 Å². The second-order valence-electron chi connectivity index (χ2n) is 6.38. The Morgan fingerprint density at radius 1 is 1.36 bits per heavy atom. The van der Waals surface area contributed by atoms with Gasteiger partial charge in [0.2, 0.25) is 0 Å². The van der Waals surface area contributed by atoms with Crippen molar-refractivity contribution in [2.75, 3.05) is 13.7 Å². The molecule has 22 heavy (non-hydrogen) atoms. The number of benzene rings is 1. The summed E-state index contributed by atoms with van der Waals surface area (Å²) in [5.74, 6) is -0.706. The first kappa shape index (κ1) is 16.5. The number of carbonyl (C=O) groups is 1. The molecule has 0 aliphatic rings. The molecule has 6 nitrogen and oxygen atoms in total. The average Bonchev–Trinajstić information content (AvgIpc) is 2.84. The fourth-order valence-electron chi connectivity index (χ4n) is 2.15. The van der Waals surface area contributed by atoms with E-state index in [0.717, 1.165) is 6.04 Å². The third-order valence-corrected chi connectivity index (χ3v) is 5.10. The third kappa shape index (κ3) is 3.66. The molecule has 2 aromatic rings. The van der Waals surface area contributed by atoms with Gasteiger partial charge in [-0.3, -0.25) is 0 Å². The Hall–Kier alpha value is -1.86. The van der Waals surface area contributed by atoms with E-state index in [1.54, 1.807) is 17.0 Å². The third-order valence-electron chi connectivity index (χ3n) is 3.39. The van der Waals surface area contributed by atoms with Crippen molar-refractivity contribution in [3.63, 3.8) is 0 Å². The molecule has 0 aliphatic carbocycles. The molecule has 0 saturated carbocycles. The number of aromatic nitrogens is 2. The number of hydrogen-bond acceptors (Lipinski definition) is 4. The van der Waals surface area contributed by atoms with E-state index in [2.05, 4.69) is 24.6 Å². The van der Waals surface area contributed by atoms with Gasteiger partial charge in [-0.2, -0.15) is 0 Å². The van der Waals surface area contributed by atoms with Crippen LogP contribution in [-0.4, -0.2) is 42.4 Å². The van der Waals surface area contributed by atoms with Crippen LogP contribution >= 0.6 is 0 Å². The SMILES string of the molecule is COc1c(C(=O)O)ccc2ncn(COCC[Si](C)(C)C)c12. The zero-order valence-corrected chi connectivity index (χ0v) is 14.4. The molecular weight excluding hydrogens is 300 g/mol.